The summed E-state index contributed by atoms with van der Waals surface area (Å²) in [5.74, 6) is 0.674. The van der Waals surface area contributed by atoms with E-state index < -0.39 is 0 Å². The molecule has 1 aromatic carbocycles. The van der Waals surface area contributed by atoms with Gasteiger partial charge in [-0.25, -0.2) is 0 Å². The van der Waals surface area contributed by atoms with E-state index in [2.05, 4.69) is 31.9 Å². The maximum absolute atomic E-state index is 8.91. The van der Waals surface area contributed by atoms with Gasteiger partial charge in [0.2, 0.25) is 0 Å². The molecular weight excluding hydrogens is 212 g/mol. The highest BCUT2D eigenvalue weighted by atomic mass is 16.5. The number of nitrogens with zero attached hydrogens (tertiary/aromatic N) is 2. The fourth-order valence-electron chi connectivity index (χ4n) is 1.52. The van der Waals surface area contributed by atoms with Gasteiger partial charge in [0.1, 0.15) is 18.4 Å². The molecule has 17 heavy (non-hydrogen) atoms. The van der Waals surface area contributed by atoms with Crippen LogP contribution in [0.4, 0.5) is 0 Å². The van der Waals surface area contributed by atoms with Crippen molar-refractivity contribution in [3.8, 4) is 11.8 Å². The number of rotatable bonds is 6. The van der Waals surface area contributed by atoms with Gasteiger partial charge in [0.05, 0.1) is 5.56 Å². The van der Waals surface area contributed by atoms with Crippen molar-refractivity contribution in [2.24, 2.45) is 0 Å². The minimum atomic E-state index is 0.560. The van der Waals surface area contributed by atoms with E-state index in [0.717, 1.165) is 13.0 Å². The molecule has 92 valence electrons. The van der Waals surface area contributed by atoms with Crippen LogP contribution in [-0.4, -0.2) is 31.1 Å². The van der Waals surface area contributed by atoms with Crippen molar-refractivity contribution in [3.63, 3.8) is 0 Å². The molecule has 0 aromatic heterocycles. The number of nitriles is 1. The summed E-state index contributed by atoms with van der Waals surface area (Å²) in [5.41, 5.74) is 0.596. The predicted octanol–water partition coefficient (Wildman–Crippen LogP) is 2.67. The van der Waals surface area contributed by atoms with Gasteiger partial charge in [-0.05, 0) is 32.5 Å². The molecule has 0 aliphatic carbocycles. The van der Waals surface area contributed by atoms with Crippen LogP contribution in [-0.2, 0) is 0 Å². The molecule has 3 nitrogen and oxygen atoms in total. The number of para-hydroxylation sites is 1. The summed E-state index contributed by atoms with van der Waals surface area (Å²) in [7, 11) is 2.09. The van der Waals surface area contributed by atoms with Crippen LogP contribution < -0.4 is 4.74 Å². The molecule has 1 aromatic rings. The van der Waals surface area contributed by atoms with E-state index in [1.165, 1.54) is 0 Å². The first kappa shape index (κ1) is 13.5. The normalized spacial score (nSPS) is 12.2. The molecular formula is C14H20N2O. The SMILES string of the molecule is CCC(C)N(C)CCOc1ccccc1C#N. The fraction of sp³-hybridized carbons (Fsp3) is 0.500. The Morgan fingerprint density at radius 1 is 1.41 bits per heavy atom. The van der Waals surface area contributed by atoms with Gasteiger partial charge in [0.25, 0.3) is 0 Å². The van der Waals surface area contributed by atoms with Crippen LogP contribution in [0.5, 0.6) is 5.75 Å². The summed E-state index contributed by atoms with van der Waals surface area (Å²) in [6.45, 7) is 5.85. The Morgan fingerprint density at radius 3 is 2.76 bits per heavy atom. The van der Waals surface area contributed by atoms with E-state index in [-0.39, 0.29) is 0 Å². The van der Waals surface area contributed by atoms with Crippen LogP contribution in [0.15, 0.2) is 24.3 Å². The summed E-state index contributed by atoms with van der Waals surface area (Å²) in [4.78, 5) is 2.26. The Labute approximate surface area is 104 Å². The summed E-state index contributed by atoms with van der Waals surface area (Å²) < 4.78 is 5.63. The molecule has 0 fully saturated rings. The van der Waals surface area contributed by atoms with Crippen LogP contribution in [0.2, 0.25) is 0 Å². The molecule has 0 aliphatic rings. The van der Waals surface area contributed by atoms with Crippen molar-refractivity contribution < 1.29 is 4.74 Å². The second-order valence-electron chi connectivity index (χ2n) is 4.19. The molecule has 0 saturated heterocycles. The Hall–Kier alpha value is -1.53. The van der Waals surface area contributed by atoms with Gasteiger partial charge in [0.15, 0.2) is 0 Å². The highest BCUT2D eigenvalue weighted by molar-refractivity contribution is 5.42. The quantitative estimate of drug-likeness (QED) is 0.756. The molecule has 0 amide bonds. The lowest BCUT2D eigenvalue weighted by Gasteiger charge is -2.23. The van der Waals surface area contributed by atoms with E-state index in [9.17, 15) is 0 Å². The van der Waals surface area contributed by atoms with Gasteiger partial charge in [0, 0.05) is 12.6 Å². The number of likely N-dealkylation sites (N-methyl/N-ethyl adjacent to an activating group) is 1. The van der Waals surface area contributed by atoms with Crippen molar-refractivity contribution in [3.05, 3.63) is 29.8 Å². The third-order valence-electron chi connectivity index (χ3n) is 3.05. The van der Waals surface area contributed by atoms with Crippen LogP contribution in [0.25, 0.3) is 0 Å². The second kappa shape index (κ2) is 6.93. The first-order valence-corrected chi connectivity index (χ1v) is 6.01. The van der Waals surface area contributed by atoms with Crippen LogP contribution in [0, 0.1) is 11.3 Å². The second-order valence-corrected chi connectivity index (χ2v) is 4.19. The van der Waals surface area contributed by atoms with E-state index in [4.69, 9.17) is 10.00 Å². The summed E-state index contributed by atoms with van der Waals surface area (Å²) >= 11 is 0. The van der Waals surface area contributed by atoms with Crippen LogP contribution >= 0.6 is 0 Å². The lowest BCUT2D eigenvalue weighted by atomic mass is 10.2. The third-order valence-corrected chi connectivity index (χ3v) is 3.05. The van der Waals surface area contributed by atoms with Gasteiger partial charge in [-0.1, -0.05) is 19.1 Å². The van der Waals surface area contributed by atoms with E-state index in [1.807, 2.05) is 18.2 Å². The molecule has 1 rings (SSSR count). The molecule has 1 atom stereocenters. The number of benzene rings is 1. The maximum atomic E-state index is 8.91. The van der Waals surface area contributed by atoms with Crippen molar-refractivity contribution >= 4 is 0 Å². The molecule has 0 bridgehead atoms. The van der Waals surface area contributed by atoms with Crippen molar-refractivity contribution in [1.82, 2.24) is 4.90 Å². The van der Waals surface area contributed by atoms with Gasteiger partial charge < -0.3 is 9.64 Å². The zero-order valence-corrected chi connectivity index (χ0v) is 10.8. The number of hydrogen-bond acceptors (Lipinski definition) is 3. The monoisotopic (exact) mass is 232 g/mol. The summed E-state index contributed by atoms with van der Waals surface area (Å²) in [5, 5.41) is 8.91. The molecule has 1 unspecified atom stereocenters. The Balaban J connectivity index is 2.44. The minimum absolute atomic E-state index is 0.560. The van der Waals surface area contributed by atoms with E-state index in [0.29, 0.717) is 24.0 Å². The van der Waals surface area contributed by atoms with E-state index >= 15 is 0 Å². The summed E-state index contributed by atoms with van der Waals surface area (Å²) in [6, 6.07) is 10.0. The lowest BCUT2D eigenvalue weighted by molar-refractivity contribution is 0.196. The smallest absolute Gasteiger partial charge is 0.137 e. The molecule has 0 spiro atoms. The van der Waals surface area contributed by atoms with Gasteiger partial charge in [-0.2, -0.15) is 5.26 Å². The van der Waals surface area contributed by atoms with Crippen LogP contribution in [0.3, 0.4) is 0 Å². The molecule has 3 heteroatoms. The van der Waals surface area contributed by atoms with Gasteiger partial charge in [-0.3, -0.25) is 0 Å². The maximum Gasteiger partial charge on any atom is 0.137 e. The largest absolute Gasteiger partial charge is 0.491 e. The first-order chi connectivity index (χ1) is 8.19. The molecule has 0 heterocycles. The first-order valence-electron chi connectivity index (χ1n) is 6.01. The standard InChI is InChI=1S/C14H20N2O/c1-4-12(2)16(3)9-10-17-14-8-6-5-7-13(14)11-15/h5-8,12H,4,9-10H2,1-3H3. The Kier molecular flexibility index (Phi) is 5.51. The van der Waals surface area contributed by atoms with Gasteiger partial charge >= 0.3 is 0 Å². The Bertz CT molecular complexity index is 384. The van der Waals surface area contributed by atoms with Crippen LogP contribution in [0.1, 0.15) is 25.8 Å². The Morgan fingerprint density at radius 2 is 2.12 bits per heavy atom. The lowest BCUT2D eigenvalue weighted by Crippen LogP contribution is -2.32. The average Bonchev–Trinajstić information content (AvgIpc) is 2.38. The number of ether oxygens (including phenoxy) is 1. The topological polar surface area (TPSA) is 36.3 Å². The predicted molar refractivity (Wildman–Crippen MR) is 69.0 cm³/mol. The number of hydrogen-bond donors (Lipinski definition) is 0. The molecule has 0 aliphatic heterocycles. The molecule has 0 radical (unpaired) electrons. The highest BCUT2D eigenvalue weighted by Crippen LogP contribution is 2.16. The van der Waals surface area contributed by atoms with Crippen molar-refractivity contribution in [2.45, 2.75) is 26.3 Å². The zero-order valence-electron chi connectivity index (χ0n) is 10.8. The highest BCUT2D eigenvalue weighted by Gasteiger charge is 2.07. The van der Waals surface area contributed by atoms with E-state index in [1.54, 1.807) is 6.07 Å². The zero-order chi connectivity index (χ0) is 12.7. The average molecular weight is 232 g/mol. The fourth-order valence-corrected chi connectivity index (χ4v) is 1.52. The summed E-state index contributed by atoms with van der Waals surface area (Å²) in [6.07, 6.45) is 1.13. The molecule has 0 N–H and O–H groups in total. The van der Waals surface area contributed by atoms with Crippen molar-refractivity contribution in [1.29, 1.82) is 5.26 Å². The van der Waals surface area contributed by atoms with Gasteiger partial charge in [-0.15, -0.1) is 0 Å². The van der Waals surface area contributed by atoms with Crippen molar-refractivity contribution in [2.75, 3.05) is 20.2 Å². The minimum Gasteiger partial charge on any atom is -0.491 e. The molecule has 0 saturated carbocycles. The third kappa shape index (κ3) is 4.08.